The molecule has 0 radical (unpaired) electrons. The Morgan fingerprint density at radius 2 is 2.13 bits per heavy atom. The SMILES string of the molecule is CN=C(NCC1CCCO1)NCC1(c2ccccc2Br)CC1.I. The van der Waals surface area contributed by atoms with Crippen molar-refractivity contribution in [2.45, 2.75) is 37.2 Å². The first-order valence-corrected chi connectivity index (χ1v) is 8.84. The van der Waals surface area contributed by atoms with Crippen molar-refractivity contribution in [3.8, 4) is 0 Å². The number of rotatable bonds is 5. The average molecular weight is 494 g/mol. The summed E-state index contributed by atoms with van der Waals surface area (Å²) >= 11 is 3.68. The van der Waals surface area contributed by atoms with Gasteiger partial charge in [0.15, 0.2) is 5.96 Å². The Kier molecular flexibility index (Phi) is 7.16. The van der Waals surface area contributed by atoms with Crippen molar-refractivity contribution in [1.29, 1.82) is 0 Å². The van der Waals surface area contributed by atoms with Gasteiger partial charge in [0.2, 0.25) is 0 Å². The molecule has 0 aromatic heterocycles. The smallest absolute Gasteiger partial charge is 0.191 e. The van der Waals surface area contributed by atoms with Gasteiger partial charge < -0.3 is 15.4 Å². The lowest BCUT2D eigenvalue weighted by Crippen LogP contribution is -2.43. The van der Waals surface area contributed by atoms with Gasteiger partial charge in [-0.15, -0.1) is 24.0 Å². The molecule has 1 heterocycles. The Hall–Kier alpha value is -0.340. The van der Waals surface area contributed by atoms with Crippen LogP contribution >= 0.6 is 39.9 Å². The molecule has 1 aliphatic heterocycles. The van der Waals surface area contributed by atoms with Gasteiger partial charge in [0, 0.05) is 36.6 Å². The van der Waals surface area contributed by atoms with Crippen LogP contribution in [-0.2, 0) is 10.2 Å². The standard InChI is InChI=1S/C17H24BrN3O.HI/c1-19-16(20-11-13-5-4-10-22-13)21-12-17(8-9-17)14-6-2-3-7-15(14)18;/h2-3,6-7,13H,4-5,8-12H2,1H3,(H2,19,20,21);1H. The van der Waals surface area contributed by atoms with E-state index in [1.54, 1.807) is 0 Å². The first kappa shape index (κ1) is 19.0. The molecule has 1 saturated carbocycles. The van der Waals surface area contributed by atoms with Crippen LogP contribution in [0.3, 0.4) is 0 Å². The summed E-state index contributed by atoms with van der Waals surface area (Å²) in [7, 11) is 1.82. The van der Waals surface area contributed by atoms with Crippen LogP contribution < -0.4 is 10.6 Å². The number of guanidine groups is 1. The Balaban J connectivity index is 0.00000192. The highest BCUT2D eigenvalue weighted by Crippen LogP contribution is 2.49. The fourth-order valence-corrected chi connectivity index (χ4v) is 3.78. The molecule has 1 aliphatic carbocycles. The van der Waals surface area contributed by atoms with Crippen molar-refractivity contribution < 1.29 is 4.74 Å². The number of ether oxygens (including phenoxy) is 1. The van der Waals surface area contributed by atoms with Crippen LogP contribution in [0.25, 0.3) is 0 Å². The van der Waals surface area contributed by atoms with Crippen LogP contribution in [-0.4, -0.2) is 38.8 Å². The van der Waals surface area contributed by atoms with Gasteiger partial charge in [0.1, 0.15) is 0 Å². The third-order valence-corrected chi connectivity index (χ3v) is 5.33. The van der Waals surface area contributed by atoms with E-state index in [4.69, 9.17) is 4.74 Å². The van der Waals surface area contributed by atoms with Gasteiger partial charge in [-0.2, -0.15) is 0 Å². The zero-order chi connectivity index (χ0) is 15.4. The molecule has 3 rings (SSSR count). The summed E-state index contributed by atoms with van der Waals surface area (Å²) in [6.07, 6.45) is 5.10. The van der Waals surface area contributed by atoms with Gasteiger partial charge in [0.05, 0.1) is 6.10 Å². The minimum atomic E-state index is 0. The summed E-state index contributed by atoms with van der Waals surface area (Å²) in [6, 6.07) is 8.53. The Morgan fingerprint density at radius 3 is 2.74 bits per heavy atom. The highest BCUT2D eigenvalue weighted by atomic mass is 127. The molecule has 128 valence electrons. The highest BCUT2D eigenvalue weighted by molar-refractivity contribution is 14.0. The van der Waals surface area contributed by atoms with Crippen molar-refractivity contribution >= 4 is 45.9 Å². The molecule has 1 aromatic carbocycles. The van der Waals surface area contributed by atoms with Crippen molar-refractivity contribution in [2.75, 3.05) is 26.7 Å². The van der Waals surface area contributed by atoms with E-state index in [1.165, 1.54) is 29.3 Å². The number of hydrogen-bond donors (Lipinski definition) is 2. The normalized spacial score (nSPS) is 22.3. The minimum absolute atomic E-state index is 0. The molecule has 2 N–H and O–H groups in total. The third kappa shape index (κ3) is 4.82. The second-order valence-electron chi connectivity index (χ2n) is 6.20. The second-order valence-corrected chi connectivity index (χ2v) is 7.06. The monoisotopic (exact) mass is 493 g/mol. The lowest BCUT2D eigenvalue weighted by molar-refractivity contribution is 0.114. The molecule has 2 aliphatic rings. The van der Waals surface area contributed by atoms with E-state index in [2.05, 4.69) is 55.8 Å². The van der Waals surface area contributed by atoms with E-state index in [0.29, 0.717) is 6.10 Å². The number of hydrogen-bond acceptors (Lipinski definition) is 2. The topological polar surface area (TPSA) is 45.7 Å². The molecule has 23 heavy (non-hydrogen) atoms. The lowest BCUT2D eigenvalue weighted by Gasteiger charge is -2.21. The fourth-order valence-electron chi connectivity index (χ4n) is 3.07. The summed E-state index contributed by atoms with van der Waals surface area (Å²) in [5, 5.41) is 6.86. The predicted molar refractivity (Wildman–Crippen MR) is 109 cm³/mol. The molecule has 1 atom stereocenters. The highest BCUT2D eigenvalue weighted by Gasteiger charge is 2.45. The largest absolute Gasteiger partial charge is 0.376 e. The maximum atomic E-state index is 5.64. The number of benzene rings is 1. The Morgan fingerprint density at radius 1 is 1.35 bits per heavy atom. The Labute approximate surface area is 164 Å². The average Bonchev–Trinajstić information content (AvgIpc) is 3.13. The van der Waals surface area contributed by atoms with Gasteiger partial charge >= 0.3 is 0 Å². The van der Waals surface area contributed by atoms with Crippen LogP contribution in [0.5, 0.6) is 0 Å². The van der Waals surface area contributed by atoms with Gasteiger partial charge in [-0.3, -0.25) is 4.99 Å². The lowest BCUT2D eigenvalue weighted by atomic mass is 9.96. The summed E-state index contributed by atoms with van der Waals surface area (Å²) in [5.74, 6) is 0.869. The summed E-state index contributed by atoms with van der Waals surface area (Å²) in [5.41, 5.74) is 1.65. The molecule has 6 heteroatoms. The van der Waals surface area contributed by atoms with Crippen LogP contribution in [0.1, 0.15) is 31.2 Å². The fraction of sp³-hybridized carbons (Fsp3) is 0.588. The van der Waals surface area contributed by atoms with Crippen LogP contribution in [0.15, 0.2) is 33.7 Å². The molecular formula is C17H25BrIN3O. The summed E-state index contributed by atoms with van der Waals surface area (Å²) in [6.45, 7) is 2.64. The van der Waals surface area contributed by atoms with Gasteiger partial charge in [-0.1, -0.05) is 34.1 Å². The maximum Gasteiger partial charge on any atom is 0.191 e. The number of aliphatic imine (C=N–C) groups is 1. The third-order valence-electron chi connectivity index (χ3n) is 4.64. The molecular weight excluding hydrogens is 469 g/mol. The zero-order valence-corrected chi connectivity index (χ0v) is 17.4. The molecule has 0 spiro atoms. The molecule has 1 saturated heterocycles. The number of nitrogens with zero attached hydrogens (tertiary/aromatic N) is 1. The molecule has 2 fully saturated rings. The van der Waals surface area contributed by atoms with Crippen molar-refractivity contribution in [1.82, 2.24) is 10.6 Å². The molecule has 1 aromatic rings. The number of halogens is 2. The summed E-state index contributed by atoms with van der Waals surface area (Å²) in [4.78, 5) is 4.32. The molecule has 4 nitrogen and oxygen atoms in total. The quantitative estimate of drug-likeness (QED) is 0.375. The van der Waals surface area contributed by atoms with E-state index in [-0.39, 0.29) is 29.4 Å². The predicted octanol–water partition coefficient (Wildman–Crippen LogP) is 3.44. The van der Waals surface area contributed by atoms with Crippen molar-refractivity contribution in [3.63, 3.8) is 0 Å². The zero-order valence-electron chi connectivity index (χ0n) is 13.5. The molecule has 0 bridgehead atoms. The maximum absolute atomic E-state index is 5.64. The van der Waals surface area contributed by atoms with E-state index in [0.717, 1.165) is 32.1 Å². The summed E-state index contributed by atoms with van der Waals surface area (Å²) < 4.78 is 6.84. The van der Waals surface area contributed by atoms with Gasteiger partial charge in [0.25, 0.3) is 0 Å². The van der Waals surface area contributed by atoms with Gasteiger partial charge in [-0.25, -0.2) is 0 Å². The van der Waals surface area contributed by atoms with Crippen molar-refractivity contribution in [3.05, 3.63) is 34.3 Å². The second kappa shape index (κ2) is 8.67. The van der Waals surface area contributed by atoms with Crippen LogP contribution in [0, 0.1) is 0 Å². The first-order valence-electron chi connectivity index (χ1n) is 8.05. The Bertz CT molecular complexity index is 542. The van der Waals surface area contributed by atoms with Crippen molar-refractivity contribution in [2.24, 2.45) is 4.99 Å². The van der Waals surface area contributed by atoms with E-state index < -0.39 is 0 Å². The van der Waals surface area contributed by atoms with E-state index in [1.807, 2.05) is 7.05 Å². The molecule has 1 unspecified atom stereocenters. The van der Waals surface area contributed by atoms with Gasteiger partial charge in [-0.05, 0) is 37.3 Å². The van der Waals surface area contributed by atoms with E-state index in [9.17, 15) is 0 Å². The molecule has 0 amide bonds. The van der Waals surface area contributed by atoms with Crippen LogP contribution in [0.4, 0.5) is 0 Å². The van der Waals surface area contributed by atoms with E-state index >= 15 is 0 Å². The van der Waals surface area contributed by atoms with Crippen LogP contribution in [0.2, 0.25) is 0 Å². The first-order chi connectivity index (χ1) is 10.7. The minimum Gasteiger partial charge on any atom is -0.376 e. The number of nitrogens with one attached hydrogen (secondary N) is 2.